The highest BCUT2D eigenvalue weighted by molar-refractivity contribution is 6.37. The first-order valence-corrected chi connectivity index (χ1v) is 5.05. The number of hydrogen-bond acceptors (Lipinski definition) is 3. The molecule has 1 rings (SSSR count). The molecule has 0 heterocycles. The highest BCUT2D eigenvalue weighted by atomic mass is 19.3. The first-order chi connectivity index (χ1) is 8.50. The summed E-state index contributed by atoms with van der Waals surface area (Å²) in [5, 5.41) is 10.7. The molecule has 2 N–H and O–H groups in total. The Balaban J connectivity index is 2.70. The van der Waals surface area contributed by atoms with Gasteiger partial charge in [-0.25, -0.2) is 13.6 Å². The first kappa shape index (κ1) is 13.8. The highest BCUT2D eigenvalue weighted by Gasteiger charge is 2.16. The molecule has 0 bridgehead atoms. The standard InChI is InChI=1S/C12H11F2NO3/c13-11(14)9(6-10(16)12(17)18)15-7-8-4-2-1-3-5-8/h1-6,11,15H,7H2,(H,17,18). The lowest BCUT2D eigenvalue weighted by atomic mass is 10.2. The quantitative estimate of drug-likeness (QED) is 0.598. The molecule has 0 amide bonds. The van der Waals surface area contributed by atoms with Gasteiger partial charge in [0.2, 0.25) is 0 Å². The monoisotopic (exact) mass is 255 g/mol. The van der Waals surface area contributed by atoms with Crippen LogP contribution in [0.4, 0.5) is 8.78 Å². The zero-order chi connectivity index (χ0) is 13.5. The molecule has 0 spiro atoms. The molecule has 1 aromatic rings. The van der Waals surface area contributed by atoms with Gasteiger partial charge in [0.25, 0.3) is 12.2 Å². The van der Waals surface area contributed by atoms with Crippen molar-refractivity contribution in [2.45, 2.75) is 13.0 Å². The summed E-state index contributed by atoms with van der Waals surface area (Å²) < 4.78 is 25.1. The predicted octanol–water partition coefficient (Wildman–Crippen LogP) is 1.58. The van der Waals surface area contributed by atoms with Gasteiger partial charge >= 0.3 is 5.97 Å². The van der Waals surface area contributed by atoms with E-state index >= 15 is 0 Å². The van der Waals surface area contributed by atoms with Gasteiger partial charge in [-0.1, -0.05) is 30.3 Å². The summed E-state index contributed by atoms with van der Waals surface area (Å²) in [5.41, 5.74) is 0.0399. The number of aliphatic carboxylic acids is 1. The Morgan fingerprint density at radius 1 is 1.28 bits per heavy atom. The molecule has 0 radical (unpaired) electrons. The van der Waals surface area contributed by atoms with Crippen LogP contribution in [0.25, 0.3) is 0 Å². The molecular weight excluding hydrogens is 244 g/mol. The Labute approximate surface area is 102 Å². The third-order valence-corrected chi connectivity index (χ3v) is 2.07. The molecule has 6 heteroatoms. The Bertz CT molecular complexity index is 458. The van der Waals surface area contributed by atoms with E-state index in [-0.39, 0.29) is 6.54 Å². The molecule has 0 aliphatic rings. The van der Waals surface area contributed by atoms with Crippen LogP contribution in [0.5, 0.6) is 0 Å². The predicted molar refractivity (Wildman–Crippen MR) is 60.0 cm³/mol. The minimum atomic E-state index is -2.93. The largest absolute Gasteiger partial charge is 0.475 e. The van der Waals surface area contributed by atoms with Crippen molar-refractivity contribution in [2.75, 3.05) is 0 Å². The maximum atomic E-state index is 12.5. The normalized spacial score (nSPS) is 11.4. The van der Waals surface area contributed by atoms with Gasteiger partial charge in [0, 0.05) is 12.6 Å². The molecule has 0 aromatic heterocycles. The number of alkyl halides is 2. The second-order valence-electron chi connectivity index (χ2n) is 3.41. The van der Waals surface area contributed by atoms with Crippen molar-refractivity contribution >= 4 is 11.8 Å². The highest BCUT2D eigenvalue weighted by Crippen LogP contribution is 2.07. The topological polar surface area (TPSA) is 66.4 Å². The zero-order valence-electron chi connectivity index (χ0n) is 9.27. The van der Waals surface area contributed by atoms with Crippen LogP contribution in [-0.2, 0) is 16.1 Å². The number of carbonyl (C=O) groups is 2. The molecule has 0 saturated heterocycles. The SMILES string of the molecule is O=C(O)C(=O)C=C(NCc1ccccc1)C(F)F. The molecule has 4 nitrogen and oxygen atoms in total. The number of rotatable bonds is 6. The van der Waals surface area contributed by atoms with E-state index in [9.17, 15) is 18.4 Å². The van der Waals surface area contributed by atoms with E-state index in [4.69, 9.17) is 5.11 Å². The van der Waals surface area contributed by atoms with E-state index in [1.165, 1.54) is 0 Å². The number of benzene rings is 1. The summed E-state index contributed by atoms with van der Waals surface area (Å²) >= 11 is 0. The number of carbonyl (C=O) groups excluding carboxylic acids is 1. The van der Waals surface area contributed by atoms with E-state index in [0.717, 1.165) is 5.56 Å². The van der Waals surface area contributed by atoms with Crippen molar-refractivity contribution in [3.63, 3.8) is 0 Å². The van der Waals surface area contributed by atoms with E-state index in [2.05, 4.69) is 5.32 Å². The van der Waals surface area contributed by atoms with Crippen LogP contribution >= 0.6 is 0 Å². The fourth-order valence-electron chi connectivity index (χ4n) is 1.19. The molecule has 18 heavy (non-hydrogen) atoms. The lowest BCUT2D eigenvalue weighted by Crippen LogP contribution is -2.21. The number of carboxylic acids is 1. The summed E-state index contributed by atoms with van der Waals surface area (Å²) in [7, 11) is 0. The van der Waals surface area contributed by atoms with Crippen molar-refractivity contribution in [1.29, 1.82) is 0 Å². The van der Waals surface area contributed by atoms with Crippen LogP contribution in [-0.4, -0.2) is 23.3 Å². The fourth-order valence-corrected chi connectivity index (χ4v) is 1.19. The summed E-state index contributed by atoms with van der Waals surface area (Å²) in [5.74, 6) is -3.15. The van der Waals surface area contributed by atoms with E-state index in [1.807, 2.05) is 0 Å². The molecule has 0 fully saturated rings. The first-order valence-electron chi connectivity index (χ1n) is 5.05. The van der Waals surface area contributed by atoms with E-state index in [1.54, 1.807) is 30.3 Å². The average Bonchev–Trinajstić information content (AvgIpc) is 2.34. The number of allylic oxidation sites excluding steroid dienone is 1. The van der Waals surface area contributed by atoms with Crippen LogP contribution in [0.15, 0.2) is 42.1 Å². The molecule has 0 aliphatic carbocycles. The van der Waals surface area contributed by atoms with Crippen LogP contribution < -0.4 is 5.32 Å². The maximum Gasteiger partial charge on any atom is 0.376 e. The Hall–Kier alpha value is -2.24. The molecule has 0 atom stereocenters. The van der Waals surface area contributed by atoms with Crippen LogP contribution in [0, 0.1) is 0 Å². The second-order valence-corrected chi connectivity index (χ2v) is 3.41. The molecule has 0 unspecified atom stereocenters. The minimum Gasteiger partial charge on any atom is -0.475 e. The Morgan fingerprint density at radius 2 is 1.89 bits per heavy atom. The number of halogens is 2. The van der Waals surface area contributed by atoms with Gasteiger partial charge in [0.1, 0.15) is 0 Å². The Kier molecular flexibility index (Phi) is 4.98. The lowest BCUT2D eigenvalue weighted by molar-refractivity contribution is -0.146. The smallest absolute Gasteiger partial charge is 0.376 e. The third kappa shape index (κ3) is 4.32. The van der Waals surface area contributed by atoms with E-state index in [0.29, 0.717) is 6.08 Å². The van der Waals surface area contributed by atoms with Crippen LogP contribution in [0.1, 0.15) is 5.56 Å². The molecule has 1 aromatic carbocycles. The minimum absolute atomic E-state index is 0.0872. The fraction of sp³-hybridized carbons (Fsp3) is 0.167. The van der Waals surface area contributed by atoms with Gasteiger partial charge in [0.05, 0.1) is 5.70 Å². The van der Waals surface area contributed by atoms with Gasteiger partial charge in [0.15, 0.2) is 0 Å². The number of nitrogens with one attached hydrogen (secondary N) is 1. The van der Waals surface area contributed by atoms with Crippen molar-refractivity contribution in [2.24, 2.45) is 0 Å². The number of carboxylic acid groups (broad SMARTS) is 1. The van der Waals surface area contributed by atoms with E-state index < -0.39 is 23.9 Å². The second kappa shape index (κ2) is 6.48. The van der Waals surface area contributed by atoms with Crippen molar-refractivity contribution in [1.82, 2.24) is 5.32 Å². The maximum absolute atomic E-state index is 12.5. The van der Waals surface area contributed by atoms with Crippen LogP contribution in [0.3, 0.4) is 0 Å². The zero-order valence-corrected chi connectivity index (χ0v) is 9.27. The van der Waals surface area contributed by atoms with Crippen LogP contribution in [0.2, 0.25) is 0 Å². The van der Waals surface area contributed by atoms with Gasteiger partial charge in [-0.15, -0.1) is 0 Å². The summed E-state index contributed by atoms with van der Waals surface area (Å²) in [6.45, 7) is 0.0872. The average molecular weight is 255 g/mol. The molecule has 0 saturated carbocycles. The van der Waals surface area contributed by atoms with Crippen molar-refractivity contribution in [3.8, 4) is 0 Å². The molecule has 0 aliphatic heterocycles. The number of hydrogen-bond donors (Lipinski definition) is 2. The van der Waals surface area contributed by atoms with Gasteiger partial charge < -0.3 is 10.4 Å². The molecular formula is C12H11F2NO3. The summed E-state index contributed by atoms with van der Waals surface area (Å²) in [6.07, 6.45) is -2.53. The van der Waals surface area contributed by atoms with Crippen molar-refractivity contribution in [3.05, 3.63) is 47.7 Å². The van der Waals surface area contributed by atoms with Gasteiger partial charge in [-0.05, 0) is 5.56 Å². The van der Waals surface area contributed by atoms with Gasteiger partial charge in [-0.3, -0.25) is 4.79 Å². The summed E-state index contributed by atoms with van der Waals surface area (Å²) in [4.78, 5) is 21.1. The van der Waals surface area contributed by atoms with Gasteiger partial charge in [-0.2, -0.15) is 0 Å². The van der Waals surface area contributed by atoms with Crippen molar-refractivity contribution < 1.29 is 23.5 Å². The Morgan fingerprint density at radius 3 is 2.39 bits per heavy atom. The number of ketones is 1. The molecule has 96 valence electrons. The third-order valence-electron chi connectivity index (χ3n) is 2.07. The summed E-state index contributed by atoms with van der Waals surface area (Å²) in [6, 6.07) is 8.70. The lowest BCUT2D eigenvalue weighted by Gasteiger charge is -2.09.